The largest absolute Gasteiger partial charge is 0.414 e. The first-order chi connectivity index (χ1) is 22.6. The number of nitrogen functional groups attached to an aromatic ring is 1. The molecule has 6 rings (SSSR count). The van der Waals surface area contributed by atoms with Crippen molar-refractivity contribution in [3.05, 3.63) is 89.5 Å². The van der Waals surface area contributed by atoms with Gasteiger partial charge < -0.3 is 30.5 Å². The van der Waals surface area contributed by atoms with Crippen molar-refractivity contribution in [2.24, 2.45) is 0 Å². The molecule has 0 spiro atoms. The number of hydrazine groups is 1. The minimum atomic E-state index is -0.832. The highest BCUT2D eigenvalue weighted by Gasteiger charge is 2.51. The number of aromatic nitrogens is 1. The molecular formula is C33H36N8O5S. The van der Waals surface area contributed by atoms with Gasteiger partial charge in [-0.05, 0) is 34.9 Å². The van der Waals surface area contributed by atoms with Gasteiger partial charge in [0.2, 0.25) is 11.8 Å². The van der Waals surface area contributed by atoms with E-state index in [4.69, 9.17) is 10.5 Å². The third-order valence-electron chi connectivity index (χ3n) is 8.34. The van der Waals surface area contributed by atoms with Crippen molar-refractivity contribution in [2.75, 3.05) is 40.0 Å². The van der Waals surface area contributed by atoms with Gasteiger partial charge in [0.1, 0.15) is 18.0 Å². The number of rotatable bonds is 8. The lowest BCUT2D eigenvalue weighted by Crippen LogP contribution is -2.65. The molecule has 3 aromatic carbocycles. The maximum absolute atomic E-state index is 14.2. The number of fused-ring (bicyclic) bond motifs is 2. The van der Waals surface area contributed by atoms with Gasteiger partial charge in [-0.3, -0.25) is 14.6 Å². The predicted molar refractivity (Wildman–Crippen MR) is 177 cm³/mol. The molecule has 14 heteroatoms. The fourth-order valence-electron chi connectivity index (χ4n) is 5.92. The van der Waals surface area contributed by atoms with Crippen LogP contribution >= 0.6 is 11.3 Å². The van der Waals surface area contributed by atoms with E-state index in [1.807, 2.05) is 48.5 Å². The molecule has 2 aliphatic rings. The normalized spacial score (nSPS) is 17.9. The zero-order valence-corrected chi connectivity index (χ0v) is 27.1. The second-order valence-electron chi connectivity index (χ2n) is 11.7. The molecule has 0 aliphatic carbocycles. The van der Waals surface area contributed by atoms with Crippen molar-refractivity contribution in [1.29, 1.82) is 0 Å². The molecule has 2 aliphatic heterocycles. The monoisotopic (exact) mass is 656 g/mol. The van der Waals surface area contributed by atoms with Crippen LogP contribution in [-0.4, -0.2) is 100 Å². The first-order valence-corrected chi connectivity index (χ1v) is 15.9. The molecule has 2 atom stereocenters. The number of nitrogens with one attached hydrogen (secondary N) is 1. The molecule has 3 heterocycles. The van der Waals surface area contributed by atoms with Gasteiger partial charge in [0.05, 0.1) is 23.3 Å². The van der Waals surface area contributed by atoms with Crippen LogP contribution in [0.3, 0.4) is 0 Å². The second-order valence-corrected chi connectivity index (χ2v) is 12.8. The standard InChI is InChI=1S/C33H36N8O5S/c1-37(2)33(45)46-24-14-12-21(13-15-24)16-25-30(43)39(18-23-10-7-11-26-29(23)36-31(34)47-26)19-27-40(20-28(42)41(25)27)38(3)32(44)35-17-22-8-5-4-6-9-22/h4-15,25,27H,16-20H2,1-3H3,(H2,34,36)(H,35,44)/t25-,27+/m0/s1. The summed E-state index contributed by atoms with van der Waals surface area (Å²) in [7, 11) is 4.82. The zero-order valence-electron chi connectivity index (χ0n) is 26.3. The maximum atomic E-state index is 14.2. The van der Waals surface area contributed by atoms with Crippen molar-refractivity contribution in [2.45, 2.75) is 31.7 Å². The molecule has 0 bridgehead atoms. The summed E-state index contributed by atoms with van der Waals surface area (Å²) in [5.74, 6) is -0.0957. The molecule has 13 nitrogen and oxygen atoms in total. The van der Waals surface area contributed by atoms with Crippen molar-refractivity contribution in [3.8, 4) is 5.75 Å². The van der Waals surface area contributed by atoms with E-state index in [0.29, 0.717) is 17.4 Å². The summed E-state index contributed by atoms with van der Waals surface area (Å²) in [6, 6.07) is 21.0. The van der Waals surface area contributed by atoms with Gasteiger partial charge in [-0.2, -0.15) is 5.01 Å². The van der Waals surface area contributed by atoms with Crippen LogP contribution in [0.2, 0.25) is 0 Å². The number of ether oxygens (including phenoxy) is 1. The van der Waals surface area contributed by atoms with E-state index in [2.05, 4.69) is 10.3 Å². The van der Waals surface area contributed by atoms with Gasteiger partial charge in [-0.1, -0.05) is 65.9 Å². The molecule has 4 aromatic rings. The van der Waals surface area contributed by atoms with E-state index < -0.39 is 18.3 Å². The topological polar surface area (TPSA) is 145 Å². The molecule has 47 heavy (non-hydrogen) atoms. The number of hydrogen-bond donors (Lipinski definition) is 2. The van der Waals surface area contributed by atoms with Crippen LogP contribution in [-0.2, 0) is 29.1 Å². The number of nitrogens with two attached hydrogens (primary N) is 1. The van der Waals surface area contributed by atoms with Crippen LogP contribution < -0.4 is 15.8 Å². The summed E-state index contributed by atoms with van der Waals surface area (Å²) in [5.41, 5.74) is 9.31. The minimum Gasteiger partial charge on any atom is -0.410 e. The number of carbonyl (C=O) groups excluding carboxylic acids is 4. The minimum absolute atomic E-state index is 0.0603. The lowest BCUT2D eigenvalue weighted by molar-refractivity contribution is -0.157. The van der Waals surface area contributed by atoms with Gasteiger partial charge in [0.25, 0.3) is 0 Å². The lowest BCUT2D eigenvalue weighted by Gasteiger charge is -2.45. The van der Waals surface area contributed by atoms with E-state index in [1.54, 1.807) is 60.2 Å². The van der Waals surface area contributed by atoms with E-state index in [1.165, 1.54) is 21.2 Å². The number of nitrogens with zero attached hydrogens (tertiary/aromatic N) is 6. The number of thiazole rings is 1. The van der Waals surface area contributed by atoms with Crippen molar-refractivity contribution < 1.29 is 23.9 Å². The Morgan fingerprint density at radius 1 is 1.00 bits per heavy atom. The van der Waals surface area contributed by atoms with Crippen LogP contribution in [0.25, 0.3) is 10.2 Å². The molecule has 244 valence electrons. The van der Waals surface area contributed by atoms with Crippen LogP contribution in [0.5, 0.6) is 5.75 Å². The Morgan fingerprint density at radius 2 is 1.74 bits per heavy atom. The first-order valence-electron chi connectivity index (χ1n) is 15.1. The average molecular weight is 657 g/mol. The maximum Gasteiger partial charge on any atom is 0.414 e. The van der Waals surface area contributed by atoms with Crippen molar-refractivity contribution >= 4 is 50.6 Å². The molecule has 1 aromatic heterocycles. The van der Waals surface area contributed by atoms with Crippen LogP contribution in [0.4, 0.5) is 14.7 Å². The fourth-order valence-corrected chi connectivity index (χ4v) is 6.70. The number of carbonyl (C=O) groups is 4. The Labute approximate surface area is 276 Å². The van der Waals surface area contributed by atoms with Gasteiger partial charge in [0.15, 0.2) is 5.13 Å². The summed E-state index contributed by atoms with van der Waals surface area (Å²) in [4.78, 5) is 62.3. The number of urea groups is 1. The van der Waals surface area contributed by atoms with E-state index in [9.17, 15) is 19.2 Å². The van der Waals surface area contributed by atoms with Crippen LogP contribution in [0, 0.1) is 0 Å². The molecule has 3 N–H and O–H groups in total. The van der Waals surface area contributed by atoms with Gasteiger partial charge in [-0.25, -0.2) is 14.6 Å². The smallest absolute Gasteiger partial charge is 0.410 e. The number of anilines is 1. The molecule has 2 fully saturated rings. The highest BCUT2D eigenvalue weighted by atomic mass is 32.1. The number of para-hydroxylation sites is 1. The molecular weight excluding hydrogens is 620 g/mol. The molecule has 5 amide bonds. The summed E-state index contributed by atoms with van der Waals surface area (Å²) in [6.07, 6.45) is -0.863. The van der Waals surface area contributed by atoms with Gasteiger partial charge in [-0.15, -0.1) is 0 Å². The summed E-state index contributed by atoms with van der Waals surface area (Å²) in [6.45, 7) is 0.710. The van der Waals surface area contributed by atoms with E-state index in [0.717, 1.165) is 26.9 Å². The third kappa shape index (κ3) is 6.69. The Hall–Kier alpha value is -5.21. The lowest BCUT2D eigenvalue weighted by atomic mass is 9.99. The quantitative estimate of drug-likeness (QED) is 0.295. The van der Waals surface area contributed by atoms with Gasteiger partial charge in [0, 0.05) is 40.7 Å². The number of hydrogen-bond acceptors (Lipinski definition) is 9. The van der Waals surface area contributed by atoms with Crippen molar-refractivity contribution in [1.82, 2.24) is 35.0 Å². The second kappa shape index (κ2) is 13.3. The predicted octanol–water partition coefficient (Wildman–Crippen LogP) is 3.12. The highest BCUT2D eigenvalue weighted by molar-refractivity contribution is 7.22. The number of piperazine rings is 1. The number of amides is 5. The van der Waals surface area contributed by atoms with Crippen LogP contribution in [0.1, 0.15) is 16.7 Å². The third-order valence-corrected chi connectivity index (χ3v) is 9.19. The molecule has 0 unspecified atom stereocenters. The Morgan fingerprint density at radius 3 is 2.47 bits per heavy atom. The van der Waals surface area contributed by atoms with Gasteiger partial charge >= 0.3 is 12.1 Å². The molecule has 2 saturated heterocycles. The van der Waals surface area contributed by atoms with E-state index in [-0.39, 0.29) is 43.9 Å². The summed E-state index contributed by atoms with van der Waals surface area (Å²) >= 11 is 1.38. The number of benzene rings is 3. The highest BCUT2D eigenvalue weighted by Crippen LogP contribution is 2.32. The fraction of sp³-hybridized carbons (Fsp3) is 0.303. The summed E-state index contributed by atoms with van der Waals surface area (Å²) in [5, 5.41) is 6.50. The molecule has 0 radical (unpaired) electrons. The van der Waals surface area contributed by atoms with Crippen molar-refractivity contribution in [3.63, 3.8) is 0 Å². The summed E-state index contributed by atoms with van der Waals surface area (Å²) < 4.78 is 6.26. The Bertz CT molecular complexity index is 1800. The van der Waals surface area contributed by atoms with E-state index >= 15 is 0 Å². The average Bonchev–Trinajstić information content (AvgIpc) is 3.61. The Kier molecular flexibility index (Phi) is 8.96. The van der Waals surface area contributed by atoms with Crippen LogP contribution in [0.15, 0.2) is 72.8 Å². The Balaban J connectivity index is 1.27. The molecule has 0 saturated carbocycles. The zero-order chi connectivity index (χ0) is 33.2. The SMILES string of the molecule is CN(C)C(=O)Oc1ccc(C[C@H]2C(=O)N(Cc3cccc4sc(N)nc34)C[C@H]3N2C(=O)CN3N(C)C(=O)NCc2ccccc2)cc1. The first kappa shape index (κ1) is 31.8.